The third-order valence-corrected chi connectivity index (χ3v) is 12.3. The van der Waals surface area contributed by atoms with Crippen LogP contribution in [0.15, 0.2) is 28.4 Å². The van der Waals surface area contributed by atoms with E-state index in [0.717, 1.165) is 54.8 Å². The quantitative estimate of drug-likeness (QED) is 0.224. The first kappa shape index (κ1) is 28.2. The summed E-state index contributed by atoms with van der Waals surface area (Å²) in [6.07, 6.45) is 22.2. The first-order chi connectivity index (χ1) is 18.1. The van der Waals surface area contributed by atoms with Crippen molar-refractivity contribution in [2.24, 2.45) is 57.2 Å². The standard InChI is InChI=1S/C35H55NO2/c1-23(2)8-7-9-24(3)30-13-14-31-29-12-11-27-20-28(38-33(37)15-10-26-22-36-21-25(26)4)16-18-34(27,5)32(29)17-19-35(30,31)6/h11,21-25,28-32H,7-10,12-20H2,1-6H3. The van der Waals surface area contributed by atoms with Crippen LogP contribution in [0, 0.1) is 52.3 Å². The van der Waals surface area contributed by atoms with Gasteiger partial charge in [0.25, 0.3) is 0 Å². The van der Waals surface area contributed by atoms with Gasteiger partial charge < -0.3 is 4.74 Å². The third-order valence-electron chi connectivity index (χ3n) is 12.3. The van der Waals surface area contributed by atoms with E-state index in [0.29, 0.717) is 23.2 Å². The van der Waals surface area contributed by atoms with E-state index in [2.05, 4.69) is 52.6 Å². The molecule has 3 nitrogen and oxygen atoms in total. The van der Waals surface area contributed by atoms with Gasteiger partial charge in [-0.05, 0) is 103 Å². The lowest BCUT2D eigenvalue weighted by Gasteiger charge is -2.58. The van der Waals surface area contributed by atoms with Crippen LogP contribution in [-0.2, 0) is 9.53 Å². The molecule has 9 unspecified atom stereocenters. The Morgan fingerprint density at radius 2 is 1.89 bits per heavy atom. The Hall–Kier alpha value is -1.38. The van der Waals surface area contributed by atoms with Crippen molar-refractivity contribution in [3.8, 4) is 0 Å². The number of carbonyl (C=O) groups is 1. The highest BCUT2D eigenvalue weighted by molar-refractivity contribution is 5.72. The molecule has 9 atom stereocenters. The Balaban J connectivity index is 1.19. The van der Waals surface area contributed by atoms with E-state index in [9.17, 15) is 4.79 Å². The number of aliphatic imine (C=N–C) groups is 1. The Kier molecular flexibility index (Phi) is 8.33. The molecule has 0 bridgehead atoms. The Bertz CT molecular complexity index is 961. The maximum atomic E-state index is 12.7. The van der Waals surface area contributed by atoms with Gasteiger partial charge in [0.1, 0.15) is 6.10 Å². The average Bonchev–Trinajstić information content (AvgIpc) is 3.44. The largest absolute Gasteiger partial charge is 0.462 e. The summed E-state index contributed by atoms with van der Waals surface area (Å²) in [6, 6.07) is 0. The van der Waals surface area contributed by atoms with Crippen LogP contribution in [0.25, 0.3) is 0 Å². The summed E-state index contributed by atoms with van der Waals surface area (Å²) in [5.41, 5.74) is 3.73. The van der Waals surface area contributed by atoms with Crippen LogP contribution >= 0.6 is 0 Å². The predicted molar refractivity (Wildman–Crippen MR) is 158 cm³/mol. The van der Waals surface area contributed by atoms with Gasteiger partial charge in [0.05, 0.1) is 0 Å². The molecule has 38 heavy (non-hydrogen) atoms. The van der Waals surface area contributed by atoms with E-state index >= 15 is 0 Å². The number of rotatable bonds is 9. The lowest BCUT2D eigenvalue weighted by atomic mass is 9.47. The molecule has 3 heteroatoms. The number of esters is 1. The fourth-order valence-electron chi connectivity index (χ4n) is 10.0. The second kappa shape index (κ2) is 11.2. The van der Waals surface area contributed by atoms with Crippen molar-refractivity contribution in [2.45, 2.75) is 131 Å². The van der Waals surface area contributed by atoms with E-state index in [4.69, 9.17) is 4.74 Å². The van der Waals surface area contributed by atoms with Crippen molar-refractivity contribution in [3.05, 3.63) is 23.4 Å². The molecule has 0 aromatic heterocycles. The topological polar surface area (TPSA) is 38.7 Å². The van der Waals surface area contributed by atoms with Crippen LogP contribution in [0.3, 0.4) is 0 Å². The molecular formula is C35H55NO2. The molecule has 0 aromatic carbocycles. The first-order valence-electron chi connectivity index (χ1n) is 16.2. The van der Waals surface area contributed by atoms with E-state index < -0.39 is 0 Å². The number of hydrogen-bond acceptors (Lipinski definition) is 3. The van der Waals surface area contributed by atoms with Crippen LogP contribution in [0.1, 0.15) is 125 Å². The Morgan fingerprint density at radius 3 is 2.63 bits per heavy atom. The molecule has 1 heterocycles. The van der Waals surface area contributed by atoms with Crippen LogP contribution in [0.5, 0.6) is 0 Å². The monoisotopic (exact) mass is 521 g/mol. The second-order valence-electron chi connectivity index (χ2n) is 14.9. The highest BCUT2D eigenvalue weighted by Gasteiger charge is 2.59. The number of allylic oxidation sites excluding steroid dienone is 2. The van der Waals surface area contributed by atoms with Crippen molar-refractivity contribution in [2.75, 3.05) is 0 Å². The van der Waals surface area contributed by atoms with Crippen LogP contribution < -0.4 is 0 Å². The summed E-state index contributed by atoms with van der Waals surface area (Å²) in [7, 11) is 0. The summed E-state index contributed by atoms with van der Waals surface area (Å²) in [5.74, 6) is 5.54. The number of fused-ring (bicyclic) bond motifs is 5. The van der Waals surface area contributed by atoms with Gasteiger partial charge in [0.15, 0.2) is 0 Å². The summed E-state index contributed by atoms with van der Waals surface area (Å²) in [6.45, 7) is 14.7. The zero-order chi connectivity index (χ0) is 27.1. The summed E-state index contributed by atoms with van der Waals surface area (Å²) in [4.78, 5) is 16.9. The van der Waals surface area contributed by atoms with Gasteiger partial charge in [-0.1, -0.05) is 72.5 Å². The molecule has 3 fully saturated rings. The van der Waals surface area contributed by atoms with Gasteiger partial charge in [-0.2, -0.15) is 0 Å². The van der Waals surface area contributed by atoms with E-state index in [-0.39, 0.29) is 12.1 Å². The highest BCUT2D eigenvalue weighted by Crippen LogP contribution is 2.67. The lowest BCUT2D eigenvalue weighted by Crippen LogP contribution is -2.51. The van der Waals surface area contributed by atoms with Gasteiger partial charge in [-0.25, -0.2) is 0 Å². The lowest BCUT2D eigenvalue weighted by molar-refractivity contribution is -0.151. The van der Waals surface area contributed by atoms with E-state index in [1.807, 2.05) is 12.4 Å². The molecule has 0 amide bonds. The Morgan fingerprint density at radius 1 is 1.08 bits per heavy atom. The third kappa shape index (κ3) is 5.34. The first-order valence-corrected chi connectivity index (χ1v) is 16.2. The van der Waals surface area contributed by atoms with Gasteiger partial charge in [0.2, 0.25) is 0 Å². The molecule has 0 N–H and O–H groups in total. The zero-order valence-corrected chi connectivity index (χ0v) is 25.3. The maximum absolute atomic E-state index is 12.7. The fraction of sp³-hybridized carbons (Fsp3) is 0.829. The molecular weight excluding hydrogens is 466 g/mol. The van der Waals surface area contributed by atoms with Gasteiger partial charge in [0, 0.05) is 31.2 Å². The van der Waals surface area contributed by atoms with Crippen LogP contribution in [0.2, 0.25) is 0 Å². The van der Waals surface area contributed by atoms with E-state index in [1.165, 1.54) is 63.4 Å². The maximum Gasteiger partial charge on any atom is 0.306 e. The summed E-state index contributed by atoms with van der Waals surface area (Å²) < 4.78 is 6.04. The van der Waals surface area contributed by atoms with Crippen molar-refractivity contribution in [3.63, 3.8) is 0 Å². The van der Waals surface area contributed by atoms with Crippen LogP contribution in [-0.4, -0.2) is 18.3 Å². The number of nitrogens with zero attached hydrogens (tertiary/aromatic N) is 1. The van der Waals surface area contributed by atoms with Crippen molar-refractivity contribution in [1.29, 1.82) is 0 Å². The molecule has 0 saturated heterocycles. The SMILES string of the molecule is CC(C)CCCC(C)C1CCC2C3CC=C4CC(OC(=O)CCC5=CN=CC5C)CCC4(C)C3CCC12C. The normalized spacial score (nSPS) is 40.7. The smallest absolute Gasteiger partial charge is 0.306 e. The van der Waals surface area contributed by atoms with Crippen molar-refractivity contribution < 1.29 is 9.53 Å². The van der Waals surface area contributed by atoms with Gasteiger partial charge in [-0.3, -0.25) is 9.79 Å². The fourth-order valence-corrected chi connectivity index (χ4v) is 10.0. The molecule has 4 aliphatic carbocycles. The zero-order valence-electron chi connectivity index (χ0n) is 25.3. The van der Waals surface area contributed by atoms with Gasteiger partial charge in [-0.15, -0.1) is 0 Å². The number of hydrogen-bond donors (Lipinski definition) is 0. The van der Waals surface area contributed by atoms with Gasteiger partial charge >= 0.3 is 5.97 Å². The minimum Gasteiger partial charge on any atom is -0.462 e. The summed E-state index contributed by atoms with van der Waals surface area (Å²) >= 11 is 0. The van der Waals surface area contributed by atoms with Crippen LogP contribution in [0.4, 0.5) is 0 Å². The second-order valence-corrected chi connectivity index (χ2v) is 14.9. The number of carbonyl (C=O) groups excluding carboxylic acids is 1. The molecule has 1 aliphatic heterocycles. The predicted octanol–water partition coefficient (Wildman–Crippen LogP) is 9.32. The average molecular weight is 522 g/mol. The highest BCUT2D eigenvalue weighted by atomic mass is 16.5. The summed E-state index contributed by atoms with van der Waals surface area (Å²) in [5, 5.41) is 0. The minimum atomic E-state index is -0.0270. The molecule has 5 aliphatic rings. The molecule has 0 radical (unpaired) electrons. The molecule has 3 saturated carbocycles. The molecule has 0 aromatic rings. The molecule has 5 rings (SSSR count). The Labute approximate surface area is 233 Å². The van der Waals surface area contributed by atoms with E-state index in [1.54, 1.807) is 5.57 Å². The van der Waals surface area contributed by atoms with Crippen molar-refractivity contribution in [1.82, 2.24) is 0 Å². The molecule has 0 spiro atoms. The number of ether oxygens (including phenoxy) is 1. The minimum absolute atomic E-state index is 0.0270. The van der Waals surface area contributed by atoms with Crippen molar-refractivity contribution >= 4 is 12.2 Å². The molecule has 212 valence electrons.